The van der Waals surface area contributed by atoms with E-state index in [0.29, 0.717) is 13.1 Å². The smallest absolute Gasteiger partial charge is 0.189 e. The average Bonchev–Trinajstić information content (AvgIpc) is 3.46. The van der Waals surface area contributed by atoms with Gasteiger partial charge in [0, 0.05) is 52.4 Å². The normalized spacial score (nSPS) is 20.3. The zero-order valence-electron chi connectivity index (χ0n) is 24.6. The molecule has 0 unspecified atom stereocenters. The monoisotopic (exact) mass is 670 g/mol. The third kappa shape index (κ3) is 6.19. The maximum atomic E-state index is 6.08. The molecule has 4 bridgehead atoms. The van der Waals surface area contributed by atoms with E-state index in [0.717, 1.165) is 79.2 Å². The van der Waals surface area contributed by atoms with Gasteiger partial charge in [-0.25, -0.2) is 0 Å². The van der Waals surface area contributed by atoms with Gasteiger partial charge >= 0.3 is 0 Å². The lowest BCUT2D eigenvalue weighted by molar-refractivity contribution is 0.349. The first-order valence-electron chi connectivity index (χ1n) is 14.9. The minimum atomic E-state index is -0.366. The van der Waals surface area contributed by atoms with Crippen molar-refractivity contribution in [1.29, 1.82) is 0 Å². The summed E-state index contributed by atoms with van der Waals surface area (Å²) in [5.41, 5.74) is 4.84. The molecule has 0 radical (unpaired) electrons. The fourth-order valence-corrected chi connectivity index (χ4v) is 9.78. The summed E-state index contributed by atoms with van der Waals surface area (Å²) in [6.07, 6.45) is 1.04. The van der Waals surface area contributed by atoms with E-state index in [-0.39, 0.29) is 10.9 Å². The molecule has 228 valence electrons. The van der Waals surface area contributed by atoms with E-state index in [4.69, 9.17) is 48.9 Å². The highest BCUT2D eigenvalue weighted by Crippen LogP contribution is 2.45. The maximum absolute atomic E-state index is 6.08. The topological polar surface area (TPSA) is 43.5 Å². The van der Waals surface area contributed by atoms with Gasteiger partial charge in [0.05, 0.1) is 23.9 Å². The molecule has 2 aromatic rings. The Bertz CT molecular complexity index is 1340. The van der Waals surface area contributed by atoms with Gasteiger partial charge in [-0.3, -0.25) is 18.4 Å². The standard InChI is InChI=1S/C30H38N8S5/c1-3-33-16-17-34(4-2)27(40)32-19-23-8-12-25(13-9-23)21-38-29(42)36-15-5-14-35-28(41)37(43(38)30(35)36)20-24-10-6-22(7-11-24)18-31-26(33)39/h6-13H,3-5,14-21H2,1-2H3,(H,31,39)(H,32,40). The Kier molecular flexibility index (Phi) is 9.34. The van der Waals surface area contributed by atoms with E-state index in [2.05, 4.69) is 101 Å². The van der Waals surface area contributed by atoms with Crippen molar-refractivity contribution in [2.45, 2.75) is 46.4 Å². The summed E-state index contributed by atoms with van der Waals surface area (Å²) in [5.74, 6) is 0. The van der Waals surface area contributed by atoms with Gasteiger partial charge in [0.15, 0.2) is 25.6 Å². The number of hydrogen-bond donors (Lipinski definition) is 2. The van der Waals surface area contributed by atoms with Crippen molar-refractivity contribution in [3.63, 3.8) is 0 Å². The summed E-state index contributed by atoms with van der Waals surface area (Å²) in [5, 5.41) is 11.5. The minimum absolute atomic E-state index is 0.366. The Balaban J connectivity index is 1.30. The first kappa shape index (κ1) is 30.4. The quantitative estimate of drug-likeness (QED) is 0.451. The molecule has 0 aliphatic carbocycles. The van der Waals surface area contributed by atoms with Crippen LogP contribution in [0.5, 0.6) is 0 Å². The molecule has 6 aliphatic rings. The fourth-order valence-electron chi connectivity index (χ4n) is 5.75. The van der Waals surface area contributed by atoms with Gasteiger partial charge in [0.2, 0.25) is 0 Å². The van der Waals surface area contributed by atoms with Crippen LogP contribution in [0.2, 0.25) is 0 Å². The number of likely N-dealkylation sites (N-methyl/N-ethyl adjacent to an activating group) is 2. The van der Waals surface area contributed by atoms with Crippen LogP contribution in [0.1, 0.15) is 42.5 Å². The zero-order chi connectivity index (χ0) is 30.1. The first-order chi connectivity index (χ1) is 20.9. The highest BCUT2D eigenvalue weighted by Gasteiger charge is 2.48. The van der Waals surface area contributed by atoms with Crippen LogP contribution in [-0.4, -0.2) is 93.0 Å². The Morgan fingerprint density at radius 3 is 1.40 bits per heavy atom. The molecule has 8 rings (SSSR count). The minimum Gasteiger partial charge on any atom is -0.358 e. The Labute approximate surface area is 279 Å². The number of fused-ring (bicyclic) bond motifs is 2. The zero-order valence-corrected chi connectivity index (χ0v) is 28.7. The van der Waals surface area contributed by atoms with Crippen molar-refractivity contribution in [3.8, 4) is 0 Å². The van der Waals surface area contributed by atoms with Crippen LogP contribution in [-0.2, 0) is 26.2 Å². The Morgan fingerprint density at radius 2 is 1.00 bits per heavy atom. The van der Waals surface area contributed by atoms with Gasteiger partial charge in [0.25, 0.3) is 0 Å². The average molecular weight is 671 g/mol. The Hall–Kier alpha value is -2.58. The van der Waals surface area contributed by atoms with Gasteiger partial charge < -0.3 is 20.4 Å². The highest BCUT2D eigenvalue weighted by atomic mass is 32.2. The van der Waals surface area contributed by atoms with Crippen molar-refractivity contribution >= 4 is 85.3 Å². The van der Waals surface area contributed by atoms with Crippen LogP contribution in [0.15, 0.2) is 48.5 Å². The molecule has 0 amide bonds. The lowest BCUT2D eigenvalue weighted by atomic mass is 10.1. The van der Waals surface area contributed by atoms with Crippen LogP contribution in [0, 0.1) is 0 Å². The van der Waals surface area contributed by atoms with E-state index in [1.54, 1.807) is 0 Å². The predicted molar refractivity (Wildman–Crippen MR) is 193 cm³/mol. The number of hydrogen-bond acceptors (Lipinski definition) is 4. The molecule has 0 aromatic heterocycles. The first-order valence-corrected chi connectivity index (χ1v) is 17.7. The molecule has 0 atom stereocenters. The lowest BCUT2D eigenvalue weighted by Crippen LogP contribution is -2.52. The molecule has 43 heavy (non-hydrogen) atoms. The van der Waals surface area contributed by atoms with Gasteiger partial charge in [-0.2, -0.15) is 0 Å². The van der Waals surface area contributed by atoms with E-state index in [1.807, 2.05) is 0 Å². The van der Waals surface area contributed by atoms with Crippen molar-refractivity contribution in [3.05, 3.63) is 70.8 Å². The summed E-state index contributed by atoms with van der Waals surface area (Å²) in [6, 6.07) is 17.6. The van der Waals surface area contributed by atoms with Gasteiger partial charge in [-0.1, -0.05) is 48.5 Å². The summed E-state index contributed by atoms with van der Waals surface area (Å²) < 4.78 is 4.75. The lowest BCUT2D eigenvalue weighted by Gasteiger charge is -2.37. The van der Waals surface area contributed by atoms with Gasteiger partial charge in [-0.15, -0.1) is 0 Å². The molecule has 6 heterocycles. The molecule has 13 heteroatoms. The van der Waals surface area contributed by atoms with Crippen LogP contribution in [0.25, 0.3) is 0 Å². The molecule has 2 N–H and O–H groups in total. The van der Waals surface area contributed by atoms with Crippen LogP contribution < -0.4 is 10.6 Å². The maximum Gasteiger partial charge on any atom is 0.189 e. The number of thiocarbonyl (C=S) groups is 4. The summed E-state index contributed by atoms with van der Waals surface area (Å²) in [7, 11) is -0.366. The second kappa shape index (κ2) is 13.2. The van der Waals surface area contributed by atoms with E-state index < -0.39 is 0 Å². The second-order valence-corrected chi connectivity index (χ2v) is 14.2. The van der Waals surface area contributed by atoms with Crippen molar-refractivity contribution in [1.82, 2.24) is 38.8 Å². The molecular weight excluding hydrogens is 633 g/mol. The van der Waals surface area contributed by atoms with Crippen molar-refractivity contribution in [2.75, 3.05) is 39.3 Å². The van der Waals surface area contributed by atoms with Crippen LogP contribution in [0.4, 0.5) is 0 Å². The molecule has 0 spiro atoms. The number of nitrogens with zero attached hydrogens (tertiary/aromatic N) is 6. The molecular formula is C30H38N8S5. The van der Waals surface area contributed by atoms with Gasteiger partial charge in [0.1, 0.15) is 0 Å². The van der Waals surface area contributed by atoms with E-state index in [1.165, 1.54) is 27.4 Å². The molecule has 8 nitrogen and oxygen atoms in total. The number of benzene rings is 2. The largest absolute Gasteiger partial charge is 0.358 e. The number of rotatable bonds is 2. The van der Waals surface area contributed by atoms with Gasteiger partial charge in [-0.05, 0) is 91.4 Å². The van der Waals surface area contributed by atoms with Crippen molar-refractivity contribution < 1.29 is 0 Å². The highest BCUT2D eigenvalue weighted by molar-refractivity contribution is 8.14. The second-order valence-electron chi connectivity index (χ2n) is 11.0. The SMILES string of the molecule is CCN1CCN(CC)C(=S)NCc2ccc(cc2)CN2C(=S)N3CCCN4C(=S)N(Cc5ccc(cc5)CNC1=S)S2=C43. The third-order valence-electron chi connectivity index (χ3n) is 8.26. The third-order valence-corrected chi connectivity index (χ3v) is 12.4. The molecule has 1 fully saturated rings. The van der Waals surface area contributed by atoms with E-state index in [9.17, 15) is 0 Å². The van der Waals surface area contributed by atoms with Crippen LogP contribution >= 0.6 is 59.7 Å². The summed E-state index contributed by atoms with van der Waals surface area (Å²) in [4.78, 5) is 9.03. The number of nitrogens with one attached hydrogen (secondary N) is 2. The molecule has 6 aliphatic heterocycles. The Morgan fingerprint density at radius 1 is 0.605 bits per heavy atom. The van der Waals surface area contributed by atoms with Crippen LogP contribution in [0.3, 0.4) is 0 Å². The molecule has 2 aromatic carbocycles. The predicted octanol–water partition coefficient (Wildman–Crippen LogP) is 4.19. The summed E-state index contributed by atoms with van der Waals surface area (Å²) in [6.45, 7) is 12.3. The van der Waals surface area contributed by atoms with Crippen molar-refractivity contribution in [2.24, 2.45) is 0 Å². The fraction of sp³-hybridized carbons (Fsp3) is 0.433. The van der Waals surface area contributed by atoms with E-state index >= 15 is 0 Å². The molecule has 1 saturated heterocycles. The summed E-state index contributed by atoms with van der Waals surface area (Å²) >= 11 is 23.7. The molecule has 0 saturated carbocycles.